The van der Waals surface area contributed by atoms with E-state index in [0.717, 1.165) is 0 Å². The molecular formula is C2H3O4Sb. The molecule has 0 heterocycles. The third-order valence-corrected chi connectivity index (χ3v) is 0.893. The fourth-order valence-corrected chi connectivity index (χ4v) is 0.338. The first-order valence-electron chi connectivity index (χ1n) is 1.32. The number of aliphatic carboxylic acids is 1. The molecule has 0 aromatic carbocycles. The number of hydrogen-bond acceptors (Lipinski definition) is 3. The number of carboxylic acids is 1. The van der Waals surface area contributed by atoms with Crippen LogP contribution in [0.3, 0.4) is 0 Å². The maximum atomic E-state index is 9.72. The third kappa shape index (κ3) is 2.45. The van der Waals surface area contributed by atoms with Gasteiger partial charge in [-0.1, -0.05) is 0 Å². The fourth-order valence-electron chi connectivity index (χ4n) is 0.0504. The van der Waals surface area contributed by atoms with E-state index in [4.69, 9.17) is 5.11 Å². The van der Waals surface area contributed by atoms with E-state index in [1.54, 1.807) is 0 Å². The molecule has 7 heavy (non-hydrogen) atoms. The molecule has 0 unspecified atom stereocenters. The van der Waals surface area contributed by atoms with Crippen molar-refractivity contribution in [3.8, 4) is 0 Å². The normalized spacial score (nSPS) is 7.57. The Bertz CT molecular complexity index is 97.9. The average Bonchev–Trinajstić information content (AvgIpc) is 1.65. The molecule has 0 bridgehead atoms. The number of carboxylic acid groups (broad SMARTS) is 1. The van der Waals surface area contributed by atoms with Crippen molar-refractivity contribution in [1.29, 1.82) is 0 Å². The third-order valence-electron chi connectivity index (χ3n) is 0.282. The van der Waals surface area contributed by atoms with Crippen molar-refractivity contribution in [3.05, 3.63) is 0 Å². The van der Waals surface area contributed by atoms with Gasteiger partial charge in [0.1, 0.15) is 0 Å². The standard InChI is InChI=1S/C2H2O4.Sb.2H/c3-1(4)2(5)6;;;/h(H,3,4)(H,5,6);;;/q;+1;;/p-1. The maximum absolute atomic E-state index is 9.72. The molecule has 5 heteroatoms. The zero-order valence-corrected chi connectivity index (χ0v) is 6.54. The molecular weight excluding hydrogens is 210 g/mol. The van der Waals surface area contributed by atoms with Gasteiger partial charge in [-0.2, -0.15) is 0 Å². The number of hydrogen-bond donors (Lipinski definition) is 1. The van der Waals surface area contributed by atoms with Crippen LogP contribution in [-0.2, 0) is 12.6 Å². The topological polar surface area (TPSA) is 63.6 Å². The van der Waals surface area contributed by atoms with Gasteiger partial charge >= 0.3 is 53.1 Å². The average molecular weight is 213 g/mol. The predicted molar refractivity (Wildman–Crippen MR) is 22.3 cm³/mol. The number of carbonyl (C=O) groups is 2. The Labute approximate surface area is 53.5 Å². The van der Waals surface area contributed by atoms with E-state index in [1.165, 1.54) is 0 Å². The van der Waals surface area contributed by atoms with E-state index in [0.29, 0.717) is 0 Å². The van der Waals surface area contributed by atoms with Crippen LogP contribution in [0.5, 0.6) is 0 Å². The predicted octanol–water partition coefficient (Wildman–Crippen LogP) is -1.84. The Kier molecular flexibility index (Phi) is 2.76. The first kappa shape index (κ1) is 6.76. The van der Waals surface area contributed by atoms with Gasteiger partial charge in [-0.15, -0.1) is 0 Å². The molecule has 0 aliphatic heterocycles. The Balaban J connectivity index is 3.58. The molecule has 1 N–H and O–H groups in total. The van der Waals surface area contributed by atoms with Gasteiger partial charge < -0.3 is 0 Å². The van der Waals surface area contributed by atoms with Crippen molar-refractivity contribution < 1.29 is 17.7 Å². The molecule has 0 aliphatic rings. The van der Waals surface area contributed by atoms with Gasteiger partial charge in [0.05, 0.1) is 0 Å². The van der Waals surface area contributed by atoms with Gasteiger partial charge in [0.15, 0.2) is 0 Å². The summed E-state index contributed by atoms with van der Waals surface area (Å²) in [5, 5.41) is 7.73. The van der Waals surface area contributed by atoms with Gasteiger partial charge in [-0.3, -0.25) is 0 Å². The van der Waals surface area contributed by atoms with Crippen molar-refractivity contribution in [2.75, 3.05) is 0 Å². The van der Waals surface area contributed by atoms with Crippen LogP contribution in [0.1, 0.15) is 0 Å². The molecule has 0 aliphatic carbocycles. The molecule has 0 aromatic rings. The number of carbonyl (C=O) groups excluding carboxylic acids is 1. The Morgan fingerprint density at radius 2 is 2.00 bits per heavy atom. The van der Waals surface area contributed by atoms with Gasteiger partial charge in [0.2, 0.25) is 0 Å². The fraction of sp³-hybridized carbons (Fsp3) is 0. The summed E-state index contributed by atoms with van der Waals surface area (Å²) in [6.45, 7) is 0. The van der Waals surface area contributed by atoms with Crippen LogP contribution in [0.15, 0.2) is 0 Å². The molecule has 0 fully saturated rings. The van der Waals surface area contributed by atoms with Crippen LogP contribution >= 0.6 is 0 Å². The van der Waals surface area contributed by atoms with Gasteiger partial charge in [0.25, 0.3) is 0 Å². The van der Waals surface area contributed by atoms with Crippen LogP contribution in [0.25, 0.3) is 0 Å². The van der Waals surface area contributed by atoms with Crippen LogP contribution in [0.2, 0.25) is 0 Å². The molecule has 0 amide bonds. The monoisotopic (exact) mass is 212 g/mol. The Morgan fingerprint density at radius 1 is 1.57 bits per heavy atom. The van der Waals surface area contributed by atoms with Crippen LogP contribution in [0.4, 0.5) is 0 Å². The van der Waals surface area contributed by atoms with E-state index in [-0.39, 0.29) is 23.4 Å². The summed E-state index contributed by atoms with van der Waals surface area (Å²) >= 11 is 0.196. The van der Waals surface area contributed by atoms with Crippen molar-refractivity contribution in [3.63, 3.8) is 0 Å². The molecule has 0 rings (SSSR count). The molecule has 0 saturated carbocycles. The Hall–Kier alpha value is -0.242. The van der Waals surface area contributed by atoms with Crippen LogP contribution in [-0.4, -0.2) is 40.5 Å². The van der Waals surface area contributed by atoms with Crippen molar-refractivity contribution in [2.45, 2.75) is 0 Å². The van der Waals surface area contributed by atoms with Crippen LogP contribution in [0, 0.1) is 0 Å². The second-order valence-corrected chi connectivity index (χ2v) is 1.38. The zero-order chi connectivity index (χ0) is 5.86. The SMILES string of the molecule is O=C(O)C(=O)[O][SbH2]. The summed E-state index contributed by atoms with van der Waals surface area (Å²) in [4.78, 5) is 19.2. The summed E-state index contributed by atoms with van der Waals surface area (Å²) in [5.41, 5.74) is 0. The minimum absolute atomic E-state index is 0.196. The van der Waals surface area contributed by atoms with Gasteiger partial charge in [-0.05, 0) is 0 Å². The quantitative estimate of drug-likeness (QED) is 0.379. The van der Waals surface area contributed by atoms with E-state index in [9.17, 15) is 9.59 Å². The summed E-state index contributed by atoms with van der Waals surface area (Å²) in [5.74, 6) is -2.71. The first-order valence-corrected chi connectivity index (χ1v) is 2.67. The Morgan fingerprint density at radius 3 is 2.00 bits per heavy atom. The zero-order valence-electron chi connectivity index (χ0n) is 3.25. The molecule has 40 valence electrons. The first-order chi connectivity index (χ1) is 3.18. The minimum atomic E-state index is -1.53. The number of rotatable bonds is 0. The molecule has 0 radical (unpaired) electrons. The molecule has 0 atom stereocenters. The second-order valence-electron chi connectivity index (χ2n) is 0.710. The van der Waals surface area contributed by atoms with Crippen molar-refractivity contribution in [1.82, 2.24) is 0 Å². The van der Waals surface area contributed by atoms with Crippen LogP contribution < -0.4 is 0 Å². The van der Waals surface area contributed by atoms with E-state index < -0.39 is 11.9 Å². The van der Waals surface area contributed by atoms with Crippen molar-refractivity contribution >= 4 is 35.4 Å². The van der Waals surface area contributed by atoms with E-state index >= 15 is 0 Å². The summed E-state index contributed by atoms with van der Waals surface area (Å²) in [7, 11) is 0. The molecule has 0 aromatic heterocycles. The summed E-state index contributed by atoms with van der Waals surface area (Å²) < 4.78 is 3.90. The second kappa shape index (κ2) is 2.85. The van der Waals surface area contributed by atoms with Crippen molar-refractivity contribution in [2.24, 2.45) is 0 Å². The molecule has 4 nitrogen and oxygen atoms in total. The van der Waals surface area contributed by atoms with Gasteiger partial charge in [0, 0.05) is 0 Å². The molecule has 0 spiro atoms. The molecule has 0 saturated heterocycles. The van der Waals surface area contributed by atoms with E-state index in [1.807, 2.05) is 0 Å². The van der Waals surface area contributed by atoms with Gasteiger partial charge in [-0.25, -0.2) is 0 Å². The summed E-state index contributed by atoms with van der Waals surface area (Å²) in [6.07, 6.45) is 0. The van der Waals surface area contributed by atoms with E-state index in [2.05, 4.69) is 3.02 Å². The summed E-state index contributed by atoms with van der Waals surface area (Å²) in [6, 6.07) is 0.